The molecule has 8 heteroatoms. The van der Waals surface area contributed by atoms with E-state index in [0.29, 0.717) is 25.3 Å². The first-order chi connectivity index (χ1) is 13.1. The number of carbonyl (C=O) groups is 3. The van der Waals surface area contributed by atoms with Crippen molar-refractivity contribution in [2.45, 2.75) is 27.2 Å². The van der Waals surface area contributed by atoms with Crippen molar-refractivity contribution in [3.63, 3.8) is 0 Å². The molecule has 2 rings (SSSR count). The zero-order valence-corrected chi connectivity index (χ0v) is 16.9. The molecule has 3 amide bonds. The summed E-state index contributed by atoms with van der Waals surface area (Å²) in [6.45, 7) is 6.41. The molecule has 0 spiro atoms. The molecule has 1 aliphatic rings. The van der Waals surface area contributed by atoms with Crippen LogP contribution in [0.25, 0.3) is 0 Å². The lowest BCUT2D eigenvalue weighted by molar-refractivity contribution is -0.141. The number of carbonyl (C=O) groups excluding carboxylic acids is 3. The fraction of sp³-hybridized carbons (Fsp3) is 0.550. The van der Waals surface area contributed by atoms with Gasteiger partial charge in [0.2, 0.25) is 17.7 Å². The third-order valence-electron chi connectivity index (χ3n) is 4.36. The highest BCUT2D eigenvalue weighted by Crippen LogP contribution is 2.21. The van der Waals surface area contributed by atoms with Gasteiger partial charge in [0, 0.05) is 25.8 Å². The minimum atomic E-state index is -0.394. The molecular formula is C20H28FN3O4. The second kappa shape index (κ2) is 9.14. The topological polar surface area (TPSA) is 70.2 Å². The first kappa shape index (κ1) is 21.8. The number of amides is 3. The van der Waals surface area contributed by atoms with Crippen LogP contribution < -0.4 is 4.90 Å². The highest BCUT2D eigenvalue weighted by molar-refractivity contribution is 6.00. The van der Waals surface area contributed by atoms with Crippen LogP contribution in [0, 0.1) is 11.2 Å². The number of anilines is 1. The van der Waals surface area contributed by atoms with Gasteiger partial charge in [0.25, 0.3) is 0 Å². The van der Waals surface area contributed by atoms with E-state index in [4.69, 9.17) is 4.74 Å². The average Bonchev–Trinajstić information content (AvgIpc) is 2.99. The Morgan fingerprint density at radius 1 is 1.21 bits per heavy atom. The van der Waals surface area contributed by atoms with Gasteiger partial charge in [-0.25, -0.2) is 4.39 Å². The van der Waals surface area contributed by atoms with Crippen molar-refractivity contribution in [1.29, 1.82) is 0 Å². The van der Waals surface area contributed by atoms with E-state index < -0.39 is 5.82 Å². The van der Waals surface area contributed by atoms with E-state index in [1.807, 2.05) is 20.8 Å². The Morgan fingerprint density at radius 2 is 1.86 bits per heavy atom. The summed E-state index contributed by atoms with van der Waals surface area (Å²) in [5.41, 5.74) is 0.329. The summed E-state index contributed by atoms with van der Waals surface area (Å²) in [5, 5.41) is 0. The van der Waals surface area contributed by atoms with Crippen LogP contribution in [-0.4, -0.2) is 67.5 Å². The van der Waals surface area contributed by atoms with Crippen molar-refractivity contribution in [3.8, 4) is 0 Å². The van der Waals surface area contributed by atoms with Crippen molar-refractivity contribution >= 4 is 23.4 Å². The van der Waals surface area contributed by atoms with Crippen LogP contribution in [0.5, 0.6) is 0 Å². The van der Waals surface area contributed by atoms with Crippen LogP contribution in [-0.2, 0) is 19.1 Å². The van der Waals surface area contributed by atoms with Crippen LogP contribution in [0.3, 0.4) is 0 Å². The van der Waals surface area contributed by atoms with E-state index in [0.717, 1.165) is 0 Å². The molecule has 0 aromatic heterocycles. The van der Waals surface area contributed by atoms with Gasteiger partial charge in [-0.15, -0.1) is 0 Å². The number of methoxy groups -OCH3 is 1. The number of ether oxygens (including phenoxy) is 1. The molecule has 0 saturated carbocycles. The quantitative estimate of drug-likeness (QED) is 0.709. The molecule has 1 aromatic carbocycles. The van der Waals surface area contributed by atoms with Gasteiger partial charge in [0.15, 0.2) is 0 Å². The molecule has 1 aromatic rings. The highest BCUT2D eigenvalue weighted by atomic mass is 19.1. The Hall–Kier alpha value is -2.48. The molecule has 28 heavy (non-hydrogen) atoms. The summed E-state index contributed by atoms with van der Waals surface area (Å²) in [6.07, 6.45) is 0.310. The van der Waals surface area contributed by atoms with Crippen LogP contribution in [0.1, 0.15) is 27.2 Å². The second-order valence-electron chi connectivity index (χ2n) is 8.08. The molecular weight excluding hydrogens is 365 g/mol. The van der Waals surface area contributed by atoms with E-state index in [9.17, 15) is 18.8 Å². The van der Waals surface area contributed by atoms with Crippen molar-refractivity contribution < 1.29 is 23.5 Å². The average molecular weight is 393 g/mol. The van der Waals surface area contributed by atoms with Crippen molar-refractivity contribution in [1.82, 2.24) is 9.80 Å². The molecule has 154 valence electrons. The summed E-state index contributed by atoms with van der Waals surface area (Å²) in [7, 11) is 1.54. The van der Waals surface area contributed by atoms with E-state index in [2.05, 4.69) is 0 Å². The van der Waals surface area contributed by atoms with Crippen LogP contribution >= 0.6 is 0 Å². The number of benzene rings is 1. The molecule has 0 bridgehead atoms. The zero-order valence-electron chi connectivity index (χ0n) is 16.9. The summed E-state index contributed by atoms with van der Waals surface area (Å²) in [5.74, 6) is -1.07. The molecule has 1 heterocycles. The summed E-state index contributed by atoms with van der Waals surface area (Å²) < 4.78 is 18.1. The normalized spacial score (nSPS) is 14.5. The molecule has 1 fully saturated rings. The minimum absolute atomic E-state index is 0.0677. The molecule has 0 N–H and O–H groups in total. The lowest BCUT2D eigenvalue weighted by atomic mass is 9.91. The molecule has 1 saturated heterocycles. The minimum Gasteiger partial charge on any atom is -0.383 e. The third kappa shape index (κ3) is 6.02. The third-order valence-corrected chi connectivity index (χ3v) is 4.36. The molecule has 0 aliphatic carbocycles. The smallest absolute Gasteiger partial charge is 0.248 e. The number of hydrogen-bond donors (Lipinski definition) is 0. The molecule has 7 nitrogen and oxygen atoms in total. The number of halogens is 1. The number of hydrogen-bond acceptors (Lipinski definition) is 4. The predicted octanol–water partition coefficient (Wildman–Crippen LogP) is 1.87. The SMILES string of the molecule is COCCN(CC(=O)N1CC(=O)N(c2ccc(F)cc2)C1)C(=O)CC(C)(C)C. The monoisotopic (exact) mass is 393 g/mol. The molecule has 0 radical (unpaired) electrons. The van der Waals surface area contributed by atoms with Crippen LogP contribution in [0.4, 0.5) is 10.1 Å². The van der Waals surface area contributed by atoms with Gasteiger partial charge in [-0.05, 0) is 29.7 Å². The standard InChI is InChI=1S/C20H28FN3O4/c1-20(2,3)11-17(25)22(9-10-28-4)12-18(26)23-13-19(27)24(14-23)16-7-5-15(21)6-8-16/h5-8H,9-14H2,1-4H3. The van der Waals surface area contributed by atoms with E-state index in [-0.39, 0.29) is 42.9 Å². The Bertz CT molecular complexity index is 715. The van der Waals surface area contributed by atoms with E-state index in [1.54, 1.807) is 0 Å². The lowest BCUT2D eigenvalue weighted by Crippen LogP contribution is -2.44. The number of rotatable bonds is 7. The maximum absolute atomic E-state index is 13.1. The van der Waals surface area contributed by atoms with E-state index in [1.165, 1.54) is 46.1 Å². The second-order valence-corrected chi connectivity index (χ2v) is 8.08. The maximum atomic E-state index is 13.1. The summed E-state index contributed by atoms with van der Waals surface area (Å²) in [6, 6.07) is 5.54. The van der Waals surface area contributed by atoms with Gasteiger partial charge >= 0.3 is 0 Å². The van der Waals surface area contributed by atoms with Crippen LogP contribution in [0.2, 0.25) is 0 Å². The van der Waals surface area contributed by atoms with Gasteiger partial charge in [-0.3, -0.25) is 19.3 Å². The van der Waals surface area contributed by atoms with Gasteiger partial charge in [-0.1, -0.05) is 20.8 Å². The zero-order chi connectivity index (χ0) is 20.9. The van der Waals surface area contributed by atoms with E-state index >= 15 is 0 Å². The Kier molecular flexibility index (Phi) is 7.12. The molecule has 0 atom stereocenters. The van der Waals surface area contributed by atoms with Gasteiger partial charge < -0.3 is 14.5 Å². The summed E-state index contributed by atoms with van der Waals surface area (Å²) in [4.78, 5) is 41.9. The Labute approximate surface area is 165 Å². The van der Waals surface area contributed by atoms with Crippen molar-refractivity contribution in [2.75, 3.05) is 44.9 Å². The molecule has 1 aliphatic heterocycles. The maximum Gasteiger partial charge on any atom is 0.248 e. The first-order valence-electron chi connectivity index (χ1n) is 9.21. The van der Waals surface area contributed by atoms with Gasteiger partial charge in [-0.2, -0.15) is 0 Å². The van der Waals surface area contributed by atoms with Gasteiger partial charge in [0.1, 0.15) is 19.0 Å². The predicted molar refractivity (Wildman–Crippen MR) is 103 cm³/mol. The fourth-order valence-electron chi connectivity index (χ4n) is 2.88. The largest absolute Gasteiger partial charge is 0.383 e. The Morgan fingerprint density at radius 3 is 2.43 bits per heavy atom. The highest BCUT2D eigenvalue weighted by Gasteiger charge is 2.33. The van der Waals surface area contributed by atoms with Crippen molar-refractivity contribution in [3.05, 3.63) is 30.1 Å². The lowest BCUT2D eigenvalue weighted by Gasteiger charge is -2.27. The number of nitrogens with zero attached hydrogens (tertiary/aromatic N) is 3. The Balaban J connectivity index is 2.03. The first-order valence-corrected chi connectivity index (χ1v) is 9.21. The molecule has 0 unspecified atom stereocenters. The summed E-state index contributed by atoms with van der Waals surface area (Å²) >= 11 is 0. The fourth-order valence-corrected chi connectivity index (χ4v) is 2.88. The van der Waals surface area contributed by atoms with Crippen LogP contribution in [0.15, 0.2) is 24.3 Å². The van der Waals surface area contributed by atoms with Gasteiger partial charge in [0.05, 0.1) is 13.2 Å². The van der Waals surface area contributed by atoms with Crippen molar-refractivity contribution in [2.24, 2.45) is 5.41 Å².